The number of rotatable bonds is 4. The molecule has 0 saturated carbocycles. The summed E-state index contributed by atoms with van der Waals surface area (Å²) >= 11 is 1.50. The fraction of sp³-hybridized carbons (Fsp3) is 0.474. The van der Waals surface area contributed by atoms with E-state index in [-0.39, 0.29) is 17.6 Å². The summed E-state index contributed by atoms with van der Waals surface area (Å²) in [7, 11) is 0. The number of piperidine rings is 1. The predicted octanol–water partition coefficient (Wildman–Crippen LogP) is 3.12. The Morgan fingerprint density at radius 3 is 3.08 bits per heavy atom. The average Bonchev–Trinajstić information content (AvgIpc) is 3.31. The van der Waals surface area contributed by atoms with E-state index in [0.717, 1.165) is 36.2 Å². The molecule has 25 heavy (non-hydrogen) atoms. The SMILES string of the molecule is O=C(c1cccs1)N1CCC[C@]2(C[C@H](OCc3ccncc3)CO2)C1. The van der Waals surface area contributed by atoms with Crippen LogP contribution < -0.4 is 0 Å². The van der Waals surface area contributed by atoms with Crippen molar-refractivity contribution in [3.63, 3.8) is 0 Å². The lowest BCUT2D eigenvalue weighted by Gasteiger charge is -2.39. The lowest BCUT2D eigenvalue weighted by molar-refractivity contribution is -0.0465. The third kappa shape index (κ3) is 3.76. The van der Waals surface area contributed by atoms with Crippen LogP contribution in [0.5, 0.6) is 0 Å². The van der Waals surface area contributed by atoms with Crippen molar-refractivity contribution < 1.29 is 14.3 Å². The molecule has 5 nitrogen and oxygen atoms in total. The number of nitrogens with zero attached hydrogens (tertiary/aromatic N) is 2. The van der Waals surface area contributed by atoms with Crippen molar-refractivity contribution in [3.8, 4) is 0 Å². The lowest BCUT2D eigenvalue weighted by Crippen LogP contribution is -2.50. The number of thiophene rings is 1. The number of carbonyl (C=O) groups is 1. The van der Waals surface area contributed by atoms with Crippen molar-refractivity contribution >= 4 is 17.2 Å². The van der Waals surface area contributed by atoms with Crippen LogP contribution in [-0.2, 0) is 16.1 Å². The van der Waals surface area contributed by atoms with Gasteiger partial charge in [0.1, 0.15) is 0 Å². The van der Waals surface area contributed by atoms with Gasteiger partial charge in [-0.1, -0.05) is 6.07 Å². The molecule has 1 amide bonds. The van der Waals surface area contributed by atoms with Gasteiger partial charge in [0.15, 0.2) is 0 Å². The van der Waals surface area contributed by atoms with Crippen LogP contribution in [0.1, 0.15) is 34.5 Å². The topological polar surface area (TPSA) is 51.7 Å². The van der Waals surface area contributed by atoms with Crippen molar-refractivity contribution in [1.29, 1.82) is 0 Å². The summed E-state index contributed by atoms with van der Waals surface area (Å²) in [6.45, 7) is 2.65. The zero-order valence-electron chi connectivity index (χ0n) is 14.1. The van der Waals surface area contributed by atoms with E-state index < -0.39 is 0 Å². The molecule has 2 aromatic heterocycles. The molecule has 2 aliphatic rings. The molecule has 0 N–H and O–H groups in total. The van der Waals surface area contributed by atoms with Gasteiger partial charge in [-0.2, -0.15) is 0 Å². The molecule has 0 aromatic carbocycles. The Kier molecular flexibility index (Phi) is 4.83. The number of carbonyl (C=O) groups excluding carboxylic acids is 1. The fourth-order valence-corrected chi connectivity index (χ4v) is 4.41. The highest BCUT2D eigenvalue weighted by Gasteiger charge is 2.45. The number of amides is 1. The van der Waals surface area contributed by atoms with E-state index >= 15 is 0 Å². The number of hydrogen-bond acceptors (Lipinski definition) is 5. The van der Waals surface area contributed by atoms with Crippen molar-refractivity contribution in [1.82, 2.24) is 9.88 Å². The number of aromatic nitrogens is 1. The molecule has 4 rings (SSSR count). The first-order valence-corrected chi connectivity index (χ1v) is 9.59. The normalized spacial score (nSPS) is 26.2. The second-order valence-corrected chi connectivity index (χ2v) is 7.74. The first-order valence-electron chi connectivity index (χ1n) is 8.71. The van der Waals surface area contributed by atoms with E-state index in [2.05, 4.69) is 4.98 Å². The molecule has 0 bridgehead atoms. The maximum atomic E-state index is 12.6. The Labute approximate surface area is 151 Å². The van der Waals surface area contributed by atoms with Gasteiger partial charge in [-0.25, -0.2) is 0 Å². The smallest absolute Gasteiger partial charge is 0.264 e. The maximum absolute atomic E-state index is 12.6. The number of pyridine rings is 1. The zero-order chi connectivity index (χ0) is 17.1. The number of ether oxygens (including phenoxy) is 2. The Morgan fingerprint density at radius 1 is 1.40 bits per heavy atom. The summed E-state index contributed by atoms with van der Waals surface area (Å²) in [6, 6.07) is 7.75. The molecule has 2 aromatic rings. The highest BCUT2D eigenvalue weighted by molar-refractivity contribution is 7.12. The summed E-state index contributed by atoms with van der Waals surface area (Å²) in [6.07, 6.45) is 6.47. The van der Waals surface area contributed by atoms with Gasteiger partial charge in [-0.05, 0) is 42.0 Å². The minimum absolute atomic E-state index is 0.0879. The van der Waals surface area contributed by atoms with E-state index in [1.54, 1.807) is 12.4 Å². The van der Waals surface area contributed by atoms with Crippen molar-refractivity contribution in [3.05, 3.63) is 52.5 Å². The minimum Gasteiger partial charge on any atom is -0.371 e. The molecule has 132 valence electrons. The van der Waals surface area contributed by atoms with Crippen LogP contribution in [0.15, 0.2) is 42.0 Å². The van der Waals surface area contributed by atoms with E-state index in [1.807, 2.05) is 34.5 Å². The molecule has 0 unspecified atom stereocenters. The van der Waals surface area contributed by atoms with Crippen LogP contribution in [0, 0.1) is 0 Å². The predicted molar refractivity (Wildman–Crippen MR) is 95.6 cm³/mol. The van der Waals surface area contributed by atoms with Gasteiger partial charge in [0.2, 0.25) is 0 Å². The lowest BCUT2D eigenvalue weighted by atomic mass is 9.89. The van der Waals surface area contributed by atoms with Gasteiger partial charge in [0, 0.05) is 25.4 Å². The van der Waals surface area contributed by atoms with E-state index in [0.29, 0.717) is 19.8 Å². The van der Waals surface area contributed by atoms with Gasteiger partial charge < -0.3 is 14.4 Å². The van der Waals surface area contributed by atoms with Crippen molar-refractivity contribution in [2.45, 2.75) is 37.6 Å². The second-order valence-electron chi connectivity index (χ2n) is 6.79. The number of likely N-dealkylation sites (tertiary alicyclic amines) is 1. The molecule has 0 aliphatic carbocycles. The molecule has 2 saturated heterocycles. The molecular formula is C19H22N2O3S. The summed E-state index contributed by atoms with van der Waals surface area (Å²) in [5.74, 6) is 0.124. The monoisotopic (exact) mass is 358 g/mol. The standard InChI is InChI=1S/C19H22N2O3S/c22-18(17-3-1-10-25-17)21-9-2-6-19(14-21)11-16(13-24-19)23-12-15-4-7-20-8-5-15/h1,3-5,7-8,10,16H,2,6,9,11-14H2/t16-,19-/m0/s1. The quantitative estimate of drug-likeness (QED) is 0.843. The molecule has 1 spiro atoms. The zero-order valence-corrected chi connectivity index (χ0v) is 14.9. The molecule has 2 aliphatic heterocycles. The van der Waals surface area contributed by atoms with E-state index in [1.165, 1.54) is 11.3 Å². The largest absolute Gasteiger partial charge is 0.371 e. The maximum Gasteiger partial charge on any atom is 0.264 e. The molecular weight excluding hydrogens is 336 g/mol. The second kappa shape index (κ2) is 7.23. The van der Waals surface area contributed by atoms with Gasteiger partial charge >= 0.3 is 0 Å². The third-order valence-electron chi connectivity index (χ3n) is 4.97. The van der Waals surface area contributed by atoms with Crippen molar-refractivity contribution in [2.24, 2.45) is 0 Å². The van der Waals surface area contributed by atoms with E-state index in [4.69, 9.17) is 9.47 Å². The Hall–Kier alpha value is -1.76. The molecule has 2 atom stereocenters. The van der Waals surface area contributed by atoms with Crippen LogP contribution in [0.2, 0.25) is 0 Å². The summed E-state index contributed by atoms with van der Waals surface area (Å²) < 4.78 is 12.2. The van der Waals surface area contributed by atoms with Crippen LogP contribution in [-0.4, -0.2) is 47.2 Å². The fourth-order valence-electron chi connectivity index (χ4n) is 3.71. The summed E-state index contributed by atoms with van der Waals surface area (Å²) in [4.78, 5) is 19.4. The highest BCUT2D eigenvalue weighted by atomic mass is 32.1. The molecule has 4 heterocycles. The Balaban J connectivity index is 1.35. The van der Waals surface area contributed by atoms with Gasteiger partial charge in [0.05, 0.1) is 36.3 Å². The first kappa shape index (κ1) is 16.7. The van der Waals surface area contributed by atoms with Crippen LogP contribution in [0.3, 0.4) is 0 Å². The summed E-state index contributed by atoms with van der Waals surface area (Å²) in [5, 5.41) is 1.95. The Morgan fingerprint density at radius 2 is 2.28 bits per heavy atom. The van der Waals surface area contributed by atoms with Gasteiger partial charge in [-0.15, -0.1) is 11.3 Å². The Bertz CT molecular complexity index is 707. The van der Waals surface area contributed by atoms with Crippen molar-refractivity contribution in [2.75, 3.05) is 19.7 Å². The van der Waals surface area contributed by atoms with Gasteiger partial charge in [0.25, 0.3) is 5.91 Å². The van der Waals surface area contributed by atoms with Crippen LogP contribution in [0.4, 0.5) is 0 Å². The molecule has 2 fully saturated rings. The van der Waals surface area contributed by atoms with Gasteiger partial charge in [-0.3, -0.25) is 9.78 Å². The number of hydrogen-bond donors (Lipinski definition) is 0. The van der Waals surface area contributed by atoms with E-state index in [9.17, 15) is 4.79 Å². The summed E-state index contributed by atoms with van der Waals surface area (Å²) in [5.41, 5.74) is 0.878. The molecule has 6 heteroatoms. The van der Waals surface area contributed by atoms with Crippen LogP contribution in [0.25, 0.3) is 0 Å². The minimum atomic E-state index is -0.242. The third-order valence-corrected chi connectivity index (χ3v) is 5.83. The first-order chi connectivity index (χ1) is 12.2. The highest BCUT2D eigenvalue weighted by Crippen LogP contribution is 2.36. The van der Waals surface area contributed by atoms with Crippen LogP contribution >= 0.6 is 11.3 Å². The molecule has 0 radical (unpaired) electrons. The average molecular weight is 358 g/mol.